The summed E-state index contributed by atoms with van der Waals surface area (Å²) in [6, 6.07) is 17.3. The minimum atomic E-state index is 0.0139. The monoisotopic (exact) mass is 442 g/mol. The molecule has 1 aliphatic heterocycles. The Hall–Kier alpha value is -3.74. The van der Waals surface area contributed by atoms with Crippen LogP contribution >= 0.6 is 0 Å². The van der Waals surface area contributed by atoms with Crippen LogP contribution < -0.4 is 9.64 Å². The number of hydrogen-bond donors (Lipinski definition) is 0. The molecule has 168 valence electrons. The summed E-state index contributed by atoms with van der Waals surface area (Å²) in [5.41, 5.74) is 3.28. The molecule has 1 atom stereocenters. The fourth-order valence-electron chi connectivity index (χ4n) is 4.57. The lowest BCUT2D eigenvalue weighted by Gasteiger charge is -2.35. The van der Waals surface area contributed by atoms with E-state index in [1.165, 1.54) is 5.56 Å². The molecule has 2 heterocycles. The van der Waals surface area contributed by atoms with Crippen LogP contribution in [0.1, 0.15) is 44.3 Å². The predicted octanol–water partition coefficient (Wildman–Crippen LogP) is 3.36. The zero-order chi connectivity index (χ0) is 22.8. The standard InChI is InChI=1S/C26H26N4O3/c1-33-21-9-7-19(8-10-21)25(32)29-11-13-30(14-12-29)26-27-17-22-23(28-26)15-20(16-24(22)31)18-5-3-2-4-6-18/h2-10,17,20H,11-16H2,1H3. The maximum absolute atomic E-state index is 12.8. The normalized spacial score (nSPS) is 18.1. The number of aromatic nitrogens is 2. The first-order valence-electron chi connectivity index (χ1n) is 11.2. The van der Waals surface area contributed by atoms with E-state index in [-0.39, 0.29) is 17.6 Å². The summed E-state index contributed by atoms with van der Waals surface area (Å²) in [6.45, 7) is 2.49. The number of carbonyl (C=O) groups is 2. The Labute approximate surface area is 193 Å². The third-order valence-electron chi connectivity index (χ3n) is 6.48. The van der Waals surface area contributed by atoms with Crippen LogP contribution in [-0.4, -0.2) is 59.8 Å². The topological polar surface area (TPSA) is 75.6 Å². The number of fused-ring (bicyclic) bond motifs is 1. The van der Waals surface area contributed by atoms with Crippen LogP contribution in [0.4, 0.5) is 5.95 Å². The van der Waals surface area contributed by atoms with Crippen molar-refractivity contribution in [1.29, 1.82) is 0 Å². The molecule has 33 heavy (non-hydrogen) atoms. The second-order valence-electron chi connectivity index (χ2n) is 8.48. The molecule has 3 aromatic rings. The van der Waals surface area contributed by atoms with Crippen molar-refractivity contribution < 1.29 is 14.3 Å². The highest BCUT2D eigenvalue weighted by atomic mass is 16.5. The van der Waals surface area contributed by atoms with Crippen LogP contribution in [0.5, 0.6) is 5.75 Å². The highest BCUT2D eigenvalue weighted by molar-refractivity contribution is 5.98. The average Bonchev–Trinajstić information content (AvgIpc) is 2.88. The van der Waals surface area contributed by atoms with Gasteiger partial charge in [0.25, 0.3) is 5.91 Å². The number of piperazine rings is 1. The van der Waals surface area contributed by atoms with Crippen LogP contribution in [0.15, 0.2) is 60.8 Å². The molecule has 1 amide bonds. The van der Waals surface area contributed by atoms with Gasteiger partial charge in [-0.1, -0.05) is 30.3 Å². The molecule has 7 heteroatoms. The van der Waals surface area contributed by atoms with Crippen molar-refractivity contribution in [2.75, 3.05) is 38.2 Å². The molecule has 1 unspecified atom stereocenters. The van der Waals surface area contributed by atoms with E-state index >= 15 is 0 Å². The Morgan fingerprint density at radius 3 is 2.39 bits per heavy atom. The molecule has 1 aliphatic carbocycles. The van der Waals surface area contributed by atoms with Gasteiger partial charge in [0.05, 0.1) is 18.4 Å². The van der Waals surface area contributed by atoms with Crippen molar-refractivity contribution in [2.45, 2.75) is 18.8 Å². The lowest BCUT2D eigenvalue weighted by Crippen LogP contribution is -2.49. The van der Waals surface area contributed by atoms with E-state index in [0.717, 1.165) is 17.9 Å². The smallest absolute Gasteiger partial charge is 0.253 e. The molecular weight excluding hydrogens is 416 g/mol. The Morgan fingerprint density at radius 1 is 0.970 bits per heavy atom. The van der Waals surface area contributed by atoms with Crippen LogP contribution in [0.3, 0.4) is 0 Å². The van der Waals surface area contributed by atoms with Crippen LogP contribution in [-0.2, 0) is 6.42 Å². The second kappa shape index (κ2) is 9.02. The third kappa shape index (κ3) is 4.31. The Kier molecular flexibility index (Phi) is 5.77. The van der Waals surface area contributed by atoms with Crippen molar-refractivity contribution >= 4 is 17.6 Å². The van der Waals surface area contributed by atoms with E-state index in [0.29, 0.717) is 49.7 Å². The maximum Gasteiger partial charge on any atom is 0.253 e. The van der Waals surface area contributed by atoms with Gasteiger partial charge in [0.1, 0.15) is 5.75 Å². The molecule has 0 bridgehead atoms. The number of hydrogen-bond acceptors (Lipinski definition) is 6. The SMILES string of the molecule is COc1ccc(C(=O)N2CCN(c3ncc4c(n3)CC(c3ccccc3)CC4=O)CC2)cc1. The lowest BCUT2D eigenvalue weighted by molar-refractivity contribution is 0.0745. The quantitative estimate of drug-likeness (QED) is 0.617. The van der Waals surface area contributed by atoms with Crippen LogP contribution in [0.25, 0.3) is 0 Å². The van der Waals surface area contributed by atoms with Crippen molar-refractivity contribution in [3.05, 3.63) is 83.2 Å². The number of benzene rings is 2. The number of methoxy groups -OCH3 is 1. The van der Waals surface area contributed by atoms with Gasteiger partial charge in [-0.2, -0.15) is 0 Å². The van der Waals surface area contributed by atoms with Crippen molar-refractivity contribution in [2.24, 2.45) is 0 Å². The molecule has 2 aliphatic rings. The molecule has 1 fully saturated rings. The first-order valence-corrected chi connectivity index (χ1v) is 11.2. The zero-order valence-corrected chi connectivity index (χ0v) is 18.6. The summed E-state index contributed by atoms with van der Waals surface area (Å²) in [4.78, 5) is 38.8. The fourth-order valence-corrected chi connectivity index (χ4v) is 4.57. The van der Waals surface area contributed by atoms with Gasteiger partial charge in [-0.05, 0) is 42.2 Å². The summed E-state index contributed by atoms with van der Waals surface area (Å²) in [5.74, 6) is 1.63. The first-order chi connectivity index (χ1) is 16.1. The number of carbonyl (C=O) groups excluding carboxylic acids is 2. The molecule has 0 saturated carbocycles. The van der Waals surface area contributed by atoms with Crippen molar-refractivity contribution in [3.63, 3.8) is 0 Å². The number of ether oxygens (including phenoxy) is 1. The third-order valence-corrected chi connectivity index (χ3v) is 6.48. The molecule has 7 nitrogen and oxygen atoms in total. The zero-order valence-electron chi connectivity index (χ0n) is 18.6. The minimum absolute atomic E-state index is 0.0139. The van der Waals surface area contributed by atoms with Gasteiger partial charge in [0, 0.05) is 44.4 Å². The molecule has 0 N–H and O–H groups in total. The van der Waals surface area contributed by atoms with Crippen molar-refractivity contribution in [1.82, 2.24) is 14.9 Å². The van der Waals surface area contributed by atoms with E-state index in [2.05, 4.69) is 22.0 Å². The predicted molar refractivity (Wildman–Crippen MR) is 125 cm³/mol. The Balaban J connectivity index is 1.27. The van der Waals surface area contributed by atoms with E-state index in [1.54, 1.807) is 37.6 Å². The van der Waals surface area contributed by atoms with Gasteiger partial charge < -0.3 is 14.5 Å². The minimum Gasteiger partial charge on any atom is -0.497 e. The summed E-state index contributed by atoms with van der Waals surface area (Å²) in [5, 5.41) is 0. The fraction of sp³-hybridized carbons (Fsp3) is 0.308. The number of anilines is 1. The average molecular weight is 443 g/mol. The highest BCUT2D eigenvalue weighted by Crippen LogP contribution is 2.32. The number of Topliss-reactive ketones (excluding diaryl/α,β-unsaturated/α-hetero) is 1. The van der Waals surface area contributed by atoms with E-state index in [1.807, 2.05) is 23.1 Å². The summed E-state index contributed by atoms with van der Waals surface area (Å²) in [7, 11) is 1.61. The molecular formula is C26H26N4O3. The largest absolute Gasteiger partial charge is 0.497 e. The lowest BCUT2D eigenvalue weighted by atomic mass is 9.82. The molecule has 5 rings (SSSR count). The number of nitrogens with zero attached hydrogens (tertiary/aromatic N) is 4. The molecule has 0 spiro atoms. The van der Waals surface area contributed by atoms with E-state index < -0.39 is 0 Å². The summed E-state index contributed by atoms with van der Waals surface area (Å²) in [6.07, 6.45) is 2.90. The highest BCUT2D eigenvalue weighted by Gasteiger charge is 2.29. The Morgan fingerprint density at radius 2 is 1.70 bits per heavy atom. The first kappa shape index (κ1) is 21.1. The summed E-state index contributed by atoms with van der Waals surface area (Å²) >= 11 is 0. The van der Waals surface area contributed by atoms with Gasteiger partial charge in [0.2, 0.25) is 5.95 Å². The number of ketones is 1. The van der Waals surface area contributed by atoms with E-state index in [9.17, 15) is 9.59 Å². The number of rotatable bonds is 4. The summed E-state index contributed by atoms with van der Waals surface area (Å²) < 4.78 is 5.17. The van der Waals surface area contributed by atoms with Gasteiger partial charge in [-0.15, -0.1) is 0 Å². The molecule has 1 saturated heterocycles. The van der Waals surface area contributed by atoms with Gasteiger partial charge in [-0.25, -0.2) is 9.97 Å². The van der Waals surface area contributed by atoms with Gasteiger partial charge in [-0.3, -0.25) is 9.59 Å². The molecule has 0 radical (unpaired) electrons. The van der Waals surface area contributed by atoms with E-state index in [4.69, 9.17) is 9.72 Å². The van der Waals surface area contributed by atoms with Gasteiger partial charge >= 0.3 is 0 Å². The van der Waals surface area contributed by atoms with Gasteiger partial charge in [0.15, 0.2) is 5.78 Å². The van der Waals surface area contributed by atoms with Crippen molar-refractivity contribution in [3.8, 4) is 5.75 Å². The molecule has 1 aromatic heterocycles. The molecule has 2 aromatic carbocycles. The maximum atomic E-state index is 12.8. The number of amides is 1. The second-order valence-corrected chi connectivity index (χ2v) is 8.48. The van der Waals surface area contributed by atoms with Crippen LogP contribution in [0.2, 0.25) is 0 Å². The Bertz CT molecular complexity index is 1160. The van der Waals surface area contributed by atoms with Crippen LogP contribution in [0, 0.1) is 0 Å².